The van der Waals surface area contributed by atoms with Gasteiger partial charge in [0.2, 0.25) is 0 Å². The van der Waals surface area contributed by atoms with Crippen molar-refractivity contribution in [3.8, 4) is 0 Å². The second-order valence-corrected chi connectivity index (χ2v) is 3.25. The molecule has 0 unspecified atom stereocenters. The summed E-state index contributed by atoms with van der Waals surface area (Å²) >= 11 is 0. The Morgan fingerprint density at radius 3 is 2.13 bits per heavy atom. The Morgan fingerprint density at radius 2 is 1.73 bits per heavy atom. The zero-order chi connectivity index (χ0) is 10.3. The molecule has 0 bridgehead atoms. The van der Waals surface area contributed by atoms with E-state index in [0.29, 0.717) is 0 Å². The van der Waals surface area contributed by atoms with E-state index < -0.39 is 23.0 Å². The van der Waals surface area contributed by atoms with Crippen LogP contribution in [0.2, 0.25) is 0 Å². The first kappa shape index (κ1) is 21.6. The third-order valence-electron chi connectivity index (χ3n) is 0.857. The summed E-state index contributed by atoms with van der Waals surface area (Å²) in [6.07, 6.45) is 0.135. The van der Waals surface area contributed by atoms with Crippen LogP contribution >= 0.6 is 0 Å². The summed E-state index contributed by atoms with van der Waals surface area (Å²) in [6.45, 7) is -1.42. The summed E-state index contributed by atoms with van der Waals surface area (Å²) in [5, 5.41) is 16.3. The minimum atomic E-state index is -4.24. The monoisotopic (exact) mass is 262 g/mol. The zero-order valence-electron chi connectivity index (χ0n) is 6.67. The SMILES string of the molecule is O=C(O)COS(=O)(=O)OCCCO.[NaH].[NaH]. The van der Waals surface area contributed by atoms with Crippen LogP contribution in [0.5, 0.6) is 0 Å². The zero-order valence-corrected chi connectivity index (χ0v) is 7.49. The van der Waals surface area contributed by atoms with E-state index in [0.717, 1.165) is 0 Å². The normalized spacial score (nSPS) is 9.93. The number of hydrogen-bond acceptors (Lipinski definition) is 6. The Bertz CT molecular complexity index is 252. The van der Waals surface area contributed by atoms with Gasteiger partial charge in [-0.2, -0.15) is 8.42 Å². The number of aliphatic carboxylic acids is 1. The van der Waals surface area contributed by atoms with E-state index in [-0.39, 0.29) is 78.7 Å². The van der Waals surface area contributed by atoms with E-state index in [2.05, 4.69) is 8.37 Å². The molecule has 0 aliphatic carbocycles. The van der Waals surface area contributed by atoms with Gasteiger partial charge in [-0.3, -0.25) is 0 Å². The molecule has 0 fully saturated rings. The van der Waals surface area contributed by atoms with Crippen molar-refractivity contribution < 1.29 is 31.8 Å². The average Bonchev–Trinajstić information content (AvgIpc) is 2.02. The molecule has 0 aromatic carbocycles. The first-order valence-electron chi connectivity index (χ1n) is 3.34. The Balaban J connectivity index is -0.000000720. The summed E-state index contributed by atoms with van der Waals surface area (Å²) < 4.78 is 29.3. The van der Waals surface area contributed by atoms with E-state index >= 15 is 0 Å². The van der Waals surface area contributed by atoms with Gasteiger partial charge in [0.05, 0.1) is 6.61 Å². The van der Waals surface area contributed by atoms with E-state index in [1.807, 2.05) is 0 Å². The van der Waals surface area contributed by atoms with Gasteiger partial charge < -0.3 is 10.2 Å². The second kappa shape index (κ2) is 11.8. The molecule has 0 aliphatic rings. The summed E-state index contributed by atoms with van der Waals surface area (Å²) in [6, 6.07) is 0. The van der Waals surface area contributed by atoms with Gasteiger partial charge in [-0.05, 0) is 6.42 Å². The maximum absolute atomic E-state index is 10.6. The van der Waals surface area contributed by atoms with E-state index in [1.165, 1.54) is 0 Å². The molecule has 0 saturated carbocycles. The maximum atomic E-state index is 10.6. The van der Waals surface area contributed by atoms with E-state index in [4.69, 9.17) is 10.2 Å². The van der Waals surface area contributed by atoms with E-state index in [1.54, 1.807) is 0 Å². The van der Waals surface area contributed by atoms with Crippen LogP contribution in [0.15, 0.2) is 0 Å². The number of carbonyl (C=O) groups is 1. The molecule has 0 amide bonds. The fraction of sp³-hybridized carbons (Fsp3) is 0.800. The molecular weight excluding hydrogens is 250 g/mol. The quantitative estimate of drug-likeness (QED) is 0.383. The molecule has 7 nitrogen and oxygen atoms in total. The summed E-state index contributed by atoms with van der Waals surface area (Å²) in [7, 11) is -4.24. The van der Waals surface area contributed by atoms with Crippen LogP contribution in [-0.4, -0.2) is 104 Å². The number of rotatable bonds is 7. The third kappa shape index (κ3) is 15.3. The number of aliphatic hydroxyl groups excluding tert-OH is 1. The molecule has 82 valence electrons. The summed E-state index contributed by atoms with van der Waals surface area (Å²) in [4.78, 5) is 9.89. The van der Waals surface area contributed by atoms with Crippen LogP contribution in [0.3, 0.4) is 0 Å². The predicted molar refractivity (Wildman–Crippen MR) is 54.5 cm³/mol. The molecule has 0 radical (unpaired) electrons. The van der Waals surface area contributed by atoms with Gasteiger partial charge in [0.1, 0.15) is 0 Å². The number of hydrogen-bond donors (Lipinski definition) is 2. The molecule has 0 aliphatic heterocycles. The molecule has 15 heavy (non-hydrogen) atoms. The van der Waals surface area contributed by atoms with Crippen molar-refractivity contribution in [3.63, 3.8) is 0 Å². The van der Waals surface area contributed by atoms with Crippen LogP contribution < -0.4 is 0 Å². The van der Waals surface area contributed by atoms with Gasteiger partial charge in [-0.25, -0.2) is 13.2 Å². The Hall–Kier alpha value is 1.30. The third-order valence-corrected chi connectivity index (χ3v) is 1.72. The van der Waals surface area contributed by atoms with Crippen molar-refractivity contribution >= 4 is 75.5 Å². The molecular formula is C5H12Na2O7S. The standard InChI is InChI=1S/C5H10O7S.2Na.2H/c6-2-1-3-11-13(9,10)12-4-5(7)8;;;;/h6H,1-4H2,(H,7,8);;;;. The summed E-state index contributed by atoms with van der Waals surface area (Å²) in [5.41, 5.74) is 0. The van der Waals surface area contributed by atoms with Crippen LogP contribution in [0.25, 0.3) is 0 Å². The fourth-order valence-corrected chi connectivity index (χ4v) is 1.02. The van der Waals surface area contributed by atoms with Crippen LogP contribution in [0, 0.1) is 0 Å². The molecule has 0 spiro atoms. The molecule has 0 saturated heterocycles. The first-order valence-corrected chi connectivity index (χ1v) is 4.67. The van der Waals surface area contributed by atoms with Crippen LogP contribution in [-0.2, 0) is 23.6 Å². The van der Waals surface area contributed by atoms with Crippen molar-refractivity contribution in [2.24, 2.45) is 0 Å². The second-order valence-electron chi connectivity index (χ2n) is 1.96. The van der Waals surface area contributed by atoms with Gasteiger partial charge in [-0.15, -0.1) is 0 Å². The van der Waals surface area contributed by atoms with Gasteiger partial charge in [-0.1, -0.05) is 0 Å². The van der Waals surface area contributed by atoms with Gasteiger partial charge in [0.25, 0.3) is 0 Å². The van der Waals surface area contributed by atoms with E-state index in [9.17, 15) is 13.2 Å². The average molecular weight is 262 g/mol. The molecule has 10 heteroatoms. The molecule has 0 atom stereocenters. The predicted octanol–water partition coefficient (Wildman–Crippen LogP) is -2.57. The van der Waals surface area contributed by atoms with Crippen LogP contribution in [0.4, 0.5) is 0 Å². The Kier molecular flexibility index (Phi) is 16.9. The molecule has 0 rings (SSSR count). The Labute approximate surface area is 132 Å². The number of carboxylic acids is 1. The molecule has 0 heterocycles. The molecule has 2 N–H and O–H groups in total. The minimum absolute atomic E-state index is 0. The van der Waals surface area contributed by atoms with Crippen LogP contribution in [0.1, 0.15) is 6.42 Å². The van der Waals surface area contributed by atoms with Crippen molar-refractivity contribution in [3.05, 3.63) is 0 Å². The topological polar surface area (TPSA) is 110 Å². The van der Waals surface area contributed by atoms with Crippen molar-refractivity contribution in [2.75, 3.05) is 19.8 Å². The first-order chi connectivity index (χ1) is 5.98. The van der Waals surface area contributed by atoms with Gasteiger partial charge in [0.15, 0.2) is 6.61 Å². The summed E-state index contributed by atoms with van der Waals surface area (Å²) in [5.74, 6) is -1.41. The van der Waals surface area contributed by atoms with Crippen molar-refractivity contribution in [1.82, 2.24) is 0 Å². The van der Waals surface area contributed by atoms with Crippen molar-refractivity contribution in [2.45, 2.75) is 6.42 Å². The number of aliphatic hydroxyl groups is 1. The van der Waals surface area contributed by atoms with Gasteiger partial charge in [0, 0.05) is 6.61 Å². The van der Waals surface area contributed by atoms with Crippen molar-refractivity contribution in [1.29, 1.82) is 0 Å². The molecule has 0 aromatic rings. The Morgan fingerprint density at radius 1 is 1.20 bits per heavy atom. The van der Waals surface area contributed by atoms with Gasteiger partial charge >= 0.3 is 75.5 Å². The number of carboxylic acid groups (broad SMARTS) is 1. The molecule has 0 aromatic heterocycles. The fourth-order valence-electron chi connectivity index (χ4n) is 0.382.